The van der Waals surface area contributed by atoms with E-state index in [1.807, 2.05) is 49.4 Å². The fraction of sp³-hybridized carbons (Fsp3) is 0.333. The highest BCUT2D eigenvalue weighted by Gasteiger charge is 2.15. The van der Waals surface area contributed by atoms with Crippen LogP contribution in [0, 0.1) is 0 Å². The molecule has 0 amide bonds. The molecule has 0 unspecified atom stereocenters. The summed E-state index contributed by atoms with van der Waals surface area (Å²) in [6, 6.07) is 18.0. The van der Waals surface area contributed by atoms with Crippen molar-refractivity contribution in [1.82, 2.24) is 19.5 Å². The maximum absolute atomic E-state index is 11.2. The third-order valence-corrected chi connectivity index (χ3v) is 5.97. The largest absolute Gasteiger partial charge is 0.494 e. The highest BCUT2D eigenvalue weighted by Crippen LogP contribution is 2.25. The second kappa shape index (κ2) is 10.6. The summed E-state index contributed by atoms with van der Waals surface area (Å²) >= 11 is 1.56. The molecule has 0 fully saturated rings. The Labute approximate surface area is 181 Å². The topological polar surface area (TPSA) is 86.1 Å². The first-order chi connectivity index (χ1) is 14.5. The van der Waals surface area contributed by atoms with Gasteiger partial charge in [0.05, 0.1) is 12.9 Å². The zero-order chi connectivity index (χ0) is 21.4. The number of nitrogens with zero attached hydrogens (tertiary/aromatic N) is 3. The number of aromatic nitrogens is 3. The highest BCUT2D eigenvalue weighted by molar-refractivity contribution is 7.99. The van der Waals surface area contributed by atoms with Crippen LogP contribution in [0.5, 0.6) is 5.75 Å². The summed E-state index contributed by atoms with van der Waals surface area (Å²) in [7, 11) is -3.16. The summed E-state index contributed by atoms with van der Waals surface area (Å²) in [4.78, 5) is 0. The molecule has 0 saturated carbocycles. The molecule has 160 valence electrons. The van der Waals surface area contributed by atoms with Gasteiger partial charge in [-0.05, 0) is 43.2 Å². The van der Waals surface area contributed by atoms with Gasteiger partial charge in [0, 0.05) is 24.4 Å². The summed E-state index contributed by atoms with van der Waals surface area (Å²) < 4.78 is 32.5. The van der Waals surface area contributed by atoms with Crippen molar-refractivity contribution in [2.24, 2.45) is 0 Å². The molecule has 9 heteroatoms. The number of thioether (sulfide) groups is 1. The van der Waals surface area contributed by atoms with Crippen LogP contribution in [-0.2, 0) is 16.4 Å². The van der Waals surface area contributed by atoms with E-state index in [1.54, 1.807) is 11.8 Å². The number of sulfonamides is 1. The van der Waals surface area contributed by atoms with Gasteiger partial charge in [-0.15, -0.1) is 10.2 Å². The third kappa shape index (κ3) is 6.58. The SMILES string of the molecule is CCOc1ccc(-n2c(Cc3ccccc3)nnc2SCCCNS(C)(=O)=O)cc1. The van der Waals surface area contributed by atoms with Crippen LogP contribution >= 0.6 is 11.8 Å². The molecule has 0 bridgehead atoms. The first-order valence-electron chi connectivity index (χ1n) is 9.75. The van der Waals surface area contributed by atoms with Crippen LogP contribution in [0.15, 0.2) is 59.8 Å². The Hall–Kier alpha value is -2.36. The molecule has 0 spiro atoms. The van der Waals surface area contributed by atoms with Crippen LogP contribution in [-0.4, -0.2) is 48.3 Å². The normalized spacial score (nSPS) is 11.5. The molecule has 1 heterocycles. The van der Waals surface area contributed by atoms with Crippen molar-refractivity contribution in [2.75, 3.05) is 25.2 Å². The average Bonchev–Trinajstić information content (AvgIpc) is 3.11. The zero-order valence-electron chi connectivity index (χ0n) is 17.1. The van der Waals surface area contributed by atoms with E-state index in [1.165, 1.54) is 6.26 Å². The van der Waals surface area contributed by atoms with Crippen molar-refractivity contribution in [1.29, 1.82) is 0 Å². The van der Waals surface area contributed by atoms with E-state index in [-0.39, 0.29) is 0 Å². The van der Waals surface area contributed by atoms with Crippen LogP contribution in [0.2, 0.25) is 0 Å². The van der Waals surface area contributed by atoms with E-state index < -0.39 is 10.0 Å². The molecule has 30 heavy (non-hydrogen) atoms. The molecule has 0 atom stereocenters. The van der Waals surface area contributed by atoms with Gasteiger partial charge in [0.1, 0.15) is 11.6 Å². The fourth-order valence-corrected chi connectivity index (χ4v) is 4.32. The lowest BCUT2D eigenvalue weighted by molar-refractivity contribution is 0.340. The molecule has 2 aromatic carbocycles. The lowest BCUT2D eigenvalue weighted by Gasteiger charge is -2.11. The van der Waals surface area contributed by atoms with E-state index >= 15 is 0 Å². The number of hydrogen-bond donors (Lipinski definition) is 1. The maximum atomic E-state index is 11.2. The Kier molecular flexibility index (Phi) is 7.89. The van der Waals surface area contributed by atoms with Gasteiger partial charge in [-0.1, -0.05) is 42.1 Å². The zero-order valence-corrected chi connectivity index (χ0v) is 18.7. The Bertz CT molecular complexity index is 1040. The molecule has 3 rings (SSSR count). The Morgan fingerprint density at radius 1 is 1.07 bits per heavy atom. The van der Waals surface area contributed by atoms with Crippen molar-refractivity contribution in [2.45, 2.75) is 24.9 Å². The van der Waals surface area contributed by atoms with Crippen molar-refractivity contribution in [3.8, 4) is 11.4 Å². The van der Waals surface area contributed by atoms with Crippen molar-refractivity contribution >= 4 is 21.8 Å². The van der Waals surface area contributed by atoms with Crippen LogP contribution in [0.4, 0.5) is 0 Å². The van der Waals surface area contributed by atoms with E-state index in [0.29, 0.717) is 26.0 Å². The number of hydrogen-bond acceptors (Lipinski definition) is 6. The van der Waals surface area contributed by atoms with Gasteiger partial charge in [-0.3, -0.25) is 4.57 Å². The molecule has 1 N–H and O–H groups in total. The smallest absolute Gasteiger partial charge is 0.208 e. The van der Waals surface area contributed by atoms with Gasteiger partial charge < -0.3 is 4.74 Å². The second-order valence-corrected chi connectivity index (χ2v) is 9.59. The number of ether oxygens (including phenoxy) is 1. The minimum atomic E-state index is -3.16. The minimum absolute atomic E-state index is 0.403. The molecule has 0 saturated heterocycles. The monoisotopic (exact) mass is 446 g/mol. The number of nitrogens with one attached hydrogen (secondary N) is 1. The van der Waals surface area contributed by atoms with E-state index in [2.05, 4.69) is 31.6 Å². The second-order valence-electron chi connectivity index (χ2n) is 6.69. The summed E-state index contributed by atoms with van der Waals surface area (Å²) in [6.45, 7) is 2.98. The van der Waals surface area contributed by atoms with Gasteiger partial charge in [-0.25, -0.2) is 13.1 Å². The van der Waals surface area contributed by atoms with Crippen LogP contribution < -0.4 is 9.46 Å². The predicted octanol–water partition coefficient (Wildman–Crippen LogP) is 3.29. The minimum Gasteiger partial charge on any atom is -0.494 e. The molecule has 1 aromatic heterocycles. The Morgan fingerprint density at radius 3 is 2.47 bits per heavy atom. The van der Waals surface area contributed by atoms with Crippen LogP contribution in [0.3, 0.4) is 0 Å². The van der Waals surface area contributed by atoms with Gasteiger partial charge in [0.15, 0.2) is 5.16 Å². The lowest BCUT2D eigenvalue weighted by Crippen LogP contribution is -2.23. The predicted molar refractivity (Wildman–Crippen MR) is 120 cm³/mol. The molecule has 3 aromatic rings. The quantitative estimate of drug-likeness (QED) is 0.359. The summed E-state index contributed by atoms with van der Waals surface area (Å²) in [5, 5.41) is 9.62. The highest BCUT2D eigenvalue weighted by atomic mass is 32.2. The van der Waals surface area contributed by atoms with Crippen LogP contribution in [0.25, 0.3) is 5.69 Å². The standard InChI is InChI=1S/C21H26N4O3S2/c1-3-28-19-12-10-18(11-13-19)25-20(16-17-8-5-4-6-9-17)23-24-21(25)29-15-7-14-22-30(2,26)27/h4-6,8-13,22H,3,7,14-16H2,1-2H3. The molecule has 0 aliphatic carbocycles. The molecular formula is C21H26N4O3S2. The first-order valence-corrected chi connectivity index (χ1v) is 12.6. The number of benzene rings is 2. The van der Waals surface area contributed by atoms with E-state index in [0.717, 1.165) is 33.7 Å². The maximum Gasteiger partial charge on any atom is 0.208 e. The molecule has 0 radical (unpaired) electrons. The van der Waals surface area contributed by atoms with Crippen molar-refractivity contribution in [3.05, 3.63) is 66.0 Å². The molecule has 0 aliphatic heterocycles. The summed E-state index contributed by atoms with van der Waals surface area (Å²) in [5.41, 5.74) is 2.12. The Balaban J connectivity index is 1.79. The van der Waals surface area contributed by atoms with Crippen molar-refractivity contribution < 1.29 is 13.2 Å². The van der Waals surface area contributed by atoms with Gasteiger partial charge in [0.2, 0.25) is 10.0 Å². The van der Waals surface area contributed by atoms with Gasteiger partial charge in [-0.2, -0.15) is 0 Å². The van der Waals surface area contributed by atoms with E-state index in [4.69, 9.17) is 4.74 Å². The van der Waals surface area contributed by atoms with Gasteiger partial charge in [0.25, 0.3) is 0 Å². The van der Waals surface area contributed by atoms with Gasteiger partial charge >= 0.3 is 0 Å². The van der Waals surface area contributed by atoms with E-state index in [9.17, 15) is 8.42 Å². The molecule has 0 aliphatic rings. The third-order valence-electron chi connectivity index (χ3n) is 4.23. The average molecular weight is 447 g/mol. The molecule has 7 nitrogen and oxygen atoms in total. The molecular weight excluding hydrogens is 420 g/mol. The Morgan fingerprint density at radius 2 is 1.80 bits per heavy atom. The fourth-order valence-electron chi connectivity index (χ4n) is 2.90. The lowest BCUT2D eigenvalue weighted by atomic mass is 10.1. The van der Waals surface area contributed by atoms with Crippen molar-refractivity contribution in [3.63, 3.8) is 0 Å². The summed E-state index contributed by atoms with van der Waals surface area (Å²) in [5.74, 6) is 2.39. The number of rotatable bonds is 11. The summed E-state index contributed by atoms with van der Waals surface area (Å²) in [6.07, 6.45) is 2.53. The van der Waals surface area contributed by atoms with Crippen LogP contribution in [0.1, 0.15) is 24.7 Å². The first kappa shape index (κ1) is 22.3.